The summed E-state index contributed by atoms with van der Waals surface area (Å²) in [4.78, 5) is 12.0. The van der Waals surface area contributed by atoms with Gasteiger partial charge in [0.2, 0.25) is 0 Å². The zero-order chi connectivity index (χ0) is 14.8. The van der Waals surface area contributed by atoms with Crippen LogP contribution in [0.15, 0.2) is 29.2 Å². The van der Waals surface area contributed by atoms with Crippen LogP contribution in [0.5, 0.6) is 0 Å². The molecule has 0 saturated heterocycles. The first-order valence-electron chi connectivity index (χ1n) is 6.13. The fraction of sp³-hybridized carbons (Fsp3) is 0.462. The Balaban J connectivity index is 2.17. The number of carbonyl (C=O) groups is 1. The topological polar surface area (TPSA) is 49.3 Å². The molecule has 1 aromatic rings. The van der Waals surface area contributed by atoms with Gasteiger partial charge in [0.1, 0.15) is 0 Å². The van der Waals surface area contributed by atoms with Crippen LogP contribution in [-0.2, 0) is 0 Å². The van der Waals surface area contributed by atoms with Crippen LogP contribution in [0.2, 0.25) is 0 Å². The van der Waals surface area contributed by atoms with Crippen LogP contribution in [0, 0.1) is 0 Å². The lowest BCUT2D eigenvalue weighted by molar-refractivity contribution is -0.0328. The third kappa shape index (κ3) is 3.46. The maximum absolute atomic E-state index is 12.5. The van der Waals surface area contributed by atoms with Crippen LogP contribution >= 0.6 is 11.8 Å². The third-order valence-corrected chi connectivity index (χ3v) is 4.16. The number of hydrogen-bond donors (Lipinski definition) is 2. The molecule has 3 nitrogen and oxygen atoms in total. The maximum atomic E-state index is 12.5. The fourth-order valence-corrected chi connectivity index (χ4v) is 2.77. The number of hydrogen-bond acceptors (Lipinski definition) is 3. The van der Waals surface area contributed by atoms with Crippen molar-refractivity contribution in [3.8, 4) is 0 Å². The summed E-state index contributed by atoms with van der Waals surface area (Å²) in [5.74, 6) is -0.578. The molecule has 0 aromatic heterocycles. The predicted octanol–water partition coefficient (Wildman–Crippen LogP) is 2.94. The molecule has 0 bridgehead atoms. The molecule has 1 fully saturated rings. The molecule has 0 aliphatic heterocycles. The van der Waals surface area contributed by atoms with Gasteiger partial charge in [0, 0.05) is 4.90 Å². The van der Waals surface area contributed by atoms with Crippen molar-refractivity contribution in [3.63, 3.8) is 0 Å². The molecular weight excluding hydrogens is 291 g/mol. The second-order valence-electron chi connectivity index (χ2n) is 4.79. The highest BCUT2D eigenvalue weighted by Gasteiger charge is 2.38. The van der Waals surface area contributed by atoms with Gasteiger partial charge in [0.25, 0.3) is 5.91 Å². The number of benzene rings is 1. The van der Waals surface area contributed by atoms with Crippen molar-refractivity contribution >= 4 is 17.7 Å². The lowest BCUT2D eigenvalue weighted by Crippen LogP contribution is -2.56. The first kappa shape index (κ1) is 15.2. The van der Waals surface area contributed by atoms with Crippen molar-refractivity contribution in [2.24, 2.45) is 0 Å². The van der Waals surface area contributed by atoms with Crippen LogP contribution in [0.4, 0.5) is 13.2 Å². The molecule has 2 rings (SSSR count). The smallest absolute Gasteiger partial charge is 0.394 e. The van der Waals surface area contributed by atoms with Crippen molar-refractivity contribution in [1.82, 2.24) is 5.32 Å². The molecule has 1 aromatic carbocycles. The molecule has 0 unspecified atom stereocenters. The Morgan fingerprint density at radius 2 is 2.00 bits per heavy atom. The summed E-state index contributed by atoms with van der Waals surface area (Å²) in [6.45, 7) is -0.201. The van der Waals surface area contributed by atoms with Crippen molar-refractivity contribution in [2.75, 3.05) is 6.61 Å². The van der Waals surface area contributed by atoms with Crippen LogP contribution in [-0.4, -0.2) is 28.7 Å². The van der Waals surface area contributed by atoms with Crippen molar-refractivity contribution < 1.29 is 23.1 Å². The second kappa shape index (κ2) is 5.65. The Hall–Kier alpha value is -1.21. The SMILES string of the molecule is O=C(NC1(CO)CCC1)c1ccccc1SC(F)(F)F. The summed E-state index contributed by atoms with van der Waals surface area (Å²) >= 11 is -0.308. The second-order valence-corrected chi connectivity index (χ2v) is 5.90. The van der Waals surface area contributed by atoms with Crippen LogP contribution in [0.1, 0.15) is 29.6 Å². The lowest BCUT2D eigenvalue weighted by Gasteiger charge is -2.41. The molecule has 1 amide bonds. The van der Waals surface area contributed by atoms with E-state index in [1.807, 2.05) is 0 Å². The Morgan fingerprint density at radius 1 is 1.35 bits per heavy atom. The van der Waals surface area contributed by atoms with Gasteiger partial charge in [-0.25, -0.2) is 0 Å². The van der Waals surface area contributed by atoms with Gasteiger partial charge in [0.15, 0.2) is 0 Å². The average Bonchev–Trinajstić information content (AvgIpc) is 2.32. The van der Waals surface area contributed by atoms with Gasteiger partial charge in [-0.05, 0) is 43.2 Å². The molecule has 0 atom stereocenters. The molecule has 1 aliphatic rings. The number of rotatable bonds is 4. The van der Waals surface area contributed by atoms with E-state index in [4.69, 9.17) is 0 Å². The van der Waals surface area contributed by atoms with E-state index in [-0.39, 0.29) is 28.8 Å². The minimum atomic E-state index is -4.44. The molecule has 0 heterocycles. The normalized spacial score (nSPS) is 17.4. The van der Waals surface area contributed by atoms with E-state index in [0.717, 1.165) is 6.42 Å². The molecule has 1 aliphatic carbocycles. The maximum Gasteiger partial charge on any atom is 0.446 e. The van der Waals surface area contributed by atoms with Gasteiger partial charge in [-0.3, -0.25) is 4.79 Å². The third-order valence-electron chi connectivity index (χ3n) is 3.35. The van der Waals surface area contributed by atoms with E-state index in [0.29, 0.717) is 12.8 Å². The van der Waals surface area contributed by atoms with Crippen molar-refractivity contribution in [3.05, 3.63) is 29.8 Å². The van der Waals surface area contributed by atoms with Crippen LogP contribution in [0.25, 0.3) is 0 Å². The van der Waals surface area contributed by atoms with Gasteiger partial charge in [-0.15, -0.1) is 0 Å². The largest absolute Gasteiger partial charge is 0.446 e. The zero-order valence-corrected chi connectivity index (χ0v) is 11.4. The van der Waals surface area contributed by atoms with Crippen LogP contribution < -0.4 is 5.32 Å². The minimum absolute atomic E-state index is 0.0189. The first-order valence-corrected chi connectivity index (χ1v) is 6.95. The highest BCUT2D eigenvalue weighted by Crippen LogP contribution is 2.39. The van der Waals surface area contributed by atoms with Crippen molar-refractivity contribution in [2.45, 2.75) is 35.2 Å². The summed E-state index contributed by atoms with van der Waals surface area (Å²) < 4.78 is 37.4. The summed E-state index contributed by atoms with van der Waals surface area (Å²) in [6, 6.07) is 5.59. The number of thioether (sulfide) groups is 1. The number of aliphatic hydroxyl groups is 1. The van der Waals surface area contributed by atoms with Crippen molar-refractivity contribution in [1.29, 1.82) is 0 Å². The lowest BCUT2D eigenvalue weighted by atomic mass is 9.77. The van der Waals surface area contributed by atoms with E-state index in [1.165, 1.54) is 24.3 Å². The van der Waals surface area contributed by atoms with Crippen LogP contribution in [0.3, 0.4) is 0 Å². The molecule has 2 N–H and O–H groups in total. The molecule has 20 heavy (non-hydrogen) atoms. The monoisotopic (exact) mass is 305 g/mol. The Labute approximate surface area is 118 Å². The Bertz CT molecular complexity index is 495. The molecule has 1 saturated carbocycles. The number of amides is 1. The van der Waals surface area contributed by atoms with E-state index >= 15 is 0 Å². The molecular formula is C13H14F3NO2S. The number of halogens is 3. The van der Waals surface area contributed by atoms with E-state index in [9.17, 15) is 23.1 Å². The van der Waals surface area contributed by atoms with E-state index in [1.54, 1.807) is 0 Å². The predicted molar refractivity (Wildman–Crippen MR) is 69.5 cm³/mol. The molecule has 0 spiro atoms. The quantitative estimate of drug-likeness (QED) is 0.841. The highest BCUT2D eigenvalue weighted by atomic mass is 32.2. The molecule has 7 heteroatoms. The molecule has 110 valence electrons. The Morgan fingerprint density at radius 3 is 2.50 bits per heavy atom. The number of alkyl halides is 3. The molecule has 0 radical (unpaired) electrons. The van der Waals surface area contributed by atoms with Gasteiger partial charge < -0.3 is 10.4 Å². The Kier molecular flexibility index (Phi) is 4.29. The van der Waals surface area contributed by atoms with Gasteiger partial charge >= 0.3 is 5.51 Å². The van der Waals surface area contributed by atoms with E-state index in [2.05, 4.69) is 5.32 Å². The average molecular weight is 305 g/mol. The fourth-order valence-electron chi connectivity index (χ4n) is 2.10. The standard InChI is InChI=1S/C13H14F3NO2S/c14-13(15,16)20-10-5-2-1-4-9(10)11(19)17-12(8-18)6-3-7-12/h1-2,4-5,18H,3,6-8H2,(H,17,19). The number of carbonyl (C=O) groups excluding carboxylic acids is 1. The van der Waals surface area contributed by atoms with Gasteiger partial charge in [-0.1, -0.05) is 12.1 Å². The first-order chi connectivity index (χ1) is 9.35. The number of nitrogens with one attached hydrogen (secondary N) is 1. The summed E-state index contributed by atoms with van der Waals surface area (Å²) in [7, 11) is 0. The highest BCUT2D eigenvalue weighted by molar-refractivity contribution is 8.00. The summed E-state index contributed by atoms with van der Waals surface area (Å²) in [6.07, 6.45) is 2.17. The summed E-state index contributed by atoms with van der Waals surface area (Å²) in [5.41, 5.74) is -5.14. The van der Waals surface area contributed by atoms with Gasteiger partial charge in [-0.2, -0.15) is 13.2 Å². The zero-order valence-electron chi connectivity index (χ0n) is 10.5. The number of aliphatic hydroxyl groups excluding tert-OH is 1. The summed E-state index contributed by atoms with van der Waals surface area (Å²) in [5, 5.41) is 11.9. The van der Waals surface area contributed by atoms with Gasteiger partial charge in [0.05, 0.1) is 17.7 Å². The van der Waals surface area contributed by atoms with E-state index < -0.39 is 17.0 Å². The minimum Gasteiger partial charge on any atom is -0.394 e.